The average Bonchev–Trinajstić information content (AvgIpc) is 3.35. The Bertz CT molecular complexity index is 1090. The van der Waals surface area contributed by atoms with Crippen molar-refractivity contribution < 1.29 is 23.1 Å². The fraction of sp³-hybridized carbons (Fsp3) is 0.409. The molecule has 0 spiro atoms. The minimum Gasteiger partial charge on any atom is -0.374 e. The monoisotopic (exact) mass is 447 g/mol. The standard InChI is InChI=1S/C22H24F3N5O2/c1-29-11-10-26-20(29)21(32,22(23,24)25)12-19(31)28-17-8-5-9-18-16(17)13-27-30(18)14-15-6-3-2-4-7-15/h2-4,6-7,10-11,13,17,32H,5,8-9,12,14H2,1H3,(H,28,31). The van der Waals surface area contributed by atoms with E-state index in [0.717, 1.165) is 40.4 Å². The number of fused-ring (bicyclic) bond motifs is 1. The van der Waals surface area contributed by atoms with E-state index in [1.54, 1.807) is 6.20 Å². The van der Waals surface area contributed by atoms with Gasteiger partial charge in [-0.05, 0) is 24.8 Å². The number of aryl methyl sites for hydroxylation is 1. The molecule has 2 heterocycles. The average molecular weight is 447 g/mol. The van der Waals surface area contributed by atoms with Crippen molar-refractivity contribution in [3.8, 4) is 0 Å². The van der Waals surface area contributed by atoms with Crippen molar-refractivity contribution >= 4 is 5.91 Å². The van der Waals surface area contributed by atoms with Crippen LogP contribution in [0, 0.1) is 0 Å². The summed E-state index contributed by atoms with van der Waals surface area (Å²) in [6.07, 6.45) is -0.0145. The van der Waals surface area contributed by atoms with E-state index in [9.17, 15) is 23.1 Å². The number of alkyl halides is 3. The van der Waals surface area contributed by atoms with E-state index in [1.165, 1.54) is 13.2 Å². The van der Waals surface area contributed by atoms with Gasteiger partial charge in [0, 0.05) is 30.7 Å². The number of rotatable bonds is 6. The van der Waals surface area contributed by atoms with Gasteiger partial charge < -0.3 is 15.0 Å². The third-order valence-corrected chi connectivity index (χ3v) is 5.85. The first-order valence-electron chi connectivity index (χ1n) is 10.3. The molecule has 2 atom stereocenters. The Balaban J connectivity index is 1.52. The Morgan fingerprint density at radius 1 is 1.28 bits per heavy atom. The van der Waals surface area contributed by atoms with E-state index in [1.807, 2.05) is 35.0 Å². The first kappa shape index (κ1) is 22.1. The van der Waals surface area contributed by atoms with Gasteiger partial charge in [-0.3, -0.25) is 9.48 Å². The van der Waals surface area contributed by atoms with E-state index in [4.69, 9.17) is 0 Å². The molecule has 0 aliphatic heterocycles. The molecule has 0 saturated carbocycles. The van der Waals surface area contributed by atoms with Gasteiger partial charge in [0.05, 0.1) is 25.2 Å². The highest BCUT2D eigenvalue weighted by molar-refractivity contribution is 5.78. The van der Waals surface area contributed by atoms with E-state index in [-0.39, 0.29) is 0 Å². The zero-order valence-electron chi connectivity index (χ0n) is 17.5. The van der Waals surface area contributed by atoms with E-state index >= 15 is 0 Å². The molecule has 0 fully saturated rings. The Hall–Kier alpha value is -3.14. The molecule has 4 rings (SSSR count). The van der Waals surface area contributed by atoms with Crippen LogP contribution in [0.3, 0.4) is 0 Å². The topological polar surface area (TPSA) is 85.0 Å². The van der Waals surface area contributed by atoms with Gasteiger partial charge in [-0.2, -0.15) is 18.3 Å². The fourth-order valence-electron chi connectivity index (χ4n) is 4.21. The van der Waals surface area contributed by atoms with Crippen molar-refractivity contribution in [3.05, 3.63) is 71.6 Å². The number of nitrogens with one attached hydrogen (secondary N) is 1. The lowest BCUT2D eigenvalue weighted by molar-refractivity contribution is -0.271. The number of carbonyl (C=O) groups excluding carboxylic acids is 1. The minimum absolute atomic E-state index is 0.463. The van der Waals surface area contributed by atoms with Crippen molar-refractivity contribution in [1.82, 2.24) is 24.6 Å². The summed E-state index contributed by atoms with van der Waals surface area (Å²) >= 11 is 0. The van der Waals surface area contributed by atoms with E-state index in [0.29, 0.717) is 13.0 Å². The first-order valence-corrected chi connectivity index (χ1v) is 10.3. The molecule has 0 radical (unpaired) electrons. The van der Waals surface area contributed by atoms with Crippen LogP contribution in [0.1, 0.15) is 47.9 Å². The highest BCUT2D eigenvalue weighted by Crippen LogP contribution is 2.41. The smallest absolute Gasteiger partial charge is 0.374 e. The molecule has 1 amide bonds. The first-order chi connectivity index (χ1) is 15.2. The number of hydrogen-bond acceptors (Lipinski definition) is 4. The molecule has 0 bridgehead atoms. The molecule has 2 N–H and O–H groups in total. The molecule has 7 nitrogen and oxygen atoms in total. The summed E-state index contributed by atoms with van der Waals surface area (Å²) in [5.74, 6) is -1.53. The number of aromatic nitrogens is 4. The third-order valence-electron chi connectivity index (χ3n) is 5.85. The van der Waals surface area contributed by atoms with Gasteiger partial charge in [0.15, 0.2) is 5.82 Å². The molecule has 1 aliphatic carbocycles. The molecular formula is C22H24F3N5O2. The maximum absolute atomic E-state index is 13.7. The number of imidazole rings is 1. The summed E-state index contributed by atoms with van der Waals surface area (Å²) in [4.78, 5) is 16.3. The van der Waals surface area contributed by atoms with Gasteiger partial charge in [0.2, 0.25) is 11.5 Å². The summed E-state index contributed by atoms with van der Waals surface area (Å²) < 4.78 is 44.1. The van der Waals surface area contributed by atoms with Gasteiger partial charge >= 0.3 is 6.18 Å². The Labute approximate surface area is 182 Å². The largest absolute Gasteiger partial charge is 0.425 e. The van der Waals surface area contributed by atoms with Crippen LogP contribution in [0.25, 0.3) is 0 Å². The highest BCUT2D eigenvalue weighted by atomic mass is 19.4. The Morgan fingerprint density at radius 2 is 2.03 bits per heavy atom. The maximum Gasteiger partial charge on any atom is 0.425 e. The molecule has 170 valence electrons. The fourth-order valence-corrected chi connectivity index (χ4v) is 4.21. The molecule has 2 unspecified atom stereocenters. The Morgan fingerprint density at radius 3 is 2.69 bits per heavy atom. The molecule has 1 aromatic carbocycles. The lowest BCUT2D eigenvalue weighted by Gasteiger charge is -2.31. The SMILES string of the molecule is Cn1ccnc1C(O)(CC(=O)NC1CCCc2c1cnn2Cc1ccccc1)C(F)(F)F. The summed E-state index contributed by atoms with van der Waals surface area (Å²) in [6.45, 7) is 0.573. The Kier molecular flexibility index (Phi) is 5.81. The predicted molar refractivity (Wildman–Crippen MR) is 109 cm³/mol. The predicted octanol–water partition coefficient (Wildman–Crippen LogP) is 3.00. The minimum atomic E-state index is -5.07. The molecule has 2 aromatic heterocycles. The number of amides is 1. The van der Waals surface area contributed by atoms with Crippen LogP contribution < -0.4 is 5.32 Å². The van der Waals surface area contributed by atoms with Gasteiger partial charge in [0.1, 0.15) is 0 Å². The van der Waals surface area contributed by atoms with Gasteiger partial charge in [-0.25, -0.2) is 4.98 Å². The lowest BCUT2D eigenvalue weighted by atomic mass is 9.91. The number of nitrogens with zero attached hydrogens (tertiary/aromatic N) is 4. The number of halogens is 3. The van der Waals surface area contributed by atoms with Crippen molar-refractivity contribution in [2.24, 2.45) is 7.05 Å². The molecular weight excluding hydrogens is 423 g/mol. The summed E-state index contributed by atoms with van der Waals surface area (Å²) in [5, 5.41) is 17.6. The van der Waals surface area contributed by atoms with Crippen LogP contribution in [0.5, 0.6) is 0 Å². The summed E-state index contributed by atoms with van der Waals surface area (Å²) in [6, 6.07) is 9.34. The van der Waals surface area contributed by atoms with Crippen molar-refractivity contribution in [3.63, 3.8) is 0 Å². The highest BCUT2D eigenvalue weighted by Gasteiger charge is 2.58. The van der Waals surface area contributed by atoms with Crippen LogP contribution in [0.4, 0.5) is 13.2 Å². The van der Waals surface area contributed by atoms with Gasteiger partial charge in [0.25, 0.3) is 0 Å². The normalized spacial score (nSPS) is 18.1. The molecule has 10 heteroatoms. The van der Waals surface area contributed by atoms with Crippen molar-refractivity contribution in [2.75, 3.05) is 0 Å². The molecule has 1 aliphatic rings. The molecule has 32 heavy (non-hydrogen) atoms. The van der Waals surface area contributed by atoms with Crippen LogP contribution in [-0.2, 0) is 30.4 Å². The second-order valence-corrected chi connectivity index (χ2v) is 8.10. The lowest BCUT2D eigenvalue weighted by Crippen LogP contribution is -2.48. The number of carbonyl (C=O) groups is 1. The second kappa shape index (κ2) is 8.42. The van der Waals surface area contributed by atoms with Crippen molar-refractivity contribution in [1.29, 1.82) is 0 Å². The van der Waals surface area contributed by atoms with Gasteiger partial charge in [-0.15, -0.1) is 0 Å². The maximum atomic E-state index is 13.7. The van der Waals surface area contributed by atoms with Gasteiger partial charge in [-0.1, -0.05) is 30.3 Å². The molecule has 0 saturated heterocycles. The number of benzene rings is 1. The van der Waals surface area contributed by atoms with Crippen LogP contribution in [-0.4, -0.2) is 36.5 Å². The molecule has 3 aromatic rings. The number of aliphatic hydroxyl groups is 1. The zero-order chi connectivity index (χ0) is 22.9. The van der Waals surface area contributed by atoms with Crippen molar-refractivity contribution in [2.45, 2.75) is 50.0 Å². The summed E-state index contributed by atoms with van der Waals surface area (Å²) in [5.41, 5.74) is -0.548. The van der Waals surface area contributed by atoms with E-state index < -0.39 is 36.0 Å². The quantitative estimate of drug-likeness (QED) is 0.609. The zero-order valence-corrected chi connectivity index (χ0v) is 17.5. The summed E-state index contributed by atoms with van der Waals surface area (Å²) in [7, 11) is 1.34. The van der Waals surface area contributed by atoms with Crippen LogP contribution in [0.15, 0.2) is 48.9 Å². The number of hydrogen-bond donors (Lipinski definition) is 2. The second-order valence-electron chi connectivity index (χ2n) is 8.10. The third kappa shape index (κ3) is 4.14. The van der Waals surface area contributed by atoms with E-state index in [2.05, 4.69) is 15.4 Å². The van der Waals surface area contributed by atoms with Crippen LogP contribution in [0.2, 0.25) is 0 Å². The van der Waals surface area contributed by atoms with Crippen LogP contribution >= 0.6 is 0 Å².